The van der Waals surface area contributed by atoms with Crippen LogP contribution in [-0.2, 0) is 4.79 Å². The molecule has 1 aromatic carbocycles. The predicted octanol–water partition coefficient (Wildman–Crippen LogP) is 2.95. The van der Waals surface area contributed by atoms with Gasteiger partial charge in [-0.05, 0) is 12.0 Å². The Morgan fingerprint density at radius 3 is 2.58 bits per heavy atom. The summed E-state index contributed by atoms with van der Waals surface area (Å²) < 4.78 is 0. The molecule has 0 fully saturated rings. The molecule has 1 aromatic rings. The zero-order valence-corrected chi connectivity index (χ0v) is 7.50. The van der Waals surface area contributed by atoms with Crippen molar-refractivity contribution in [1.29, 1.82) is 0 Å². The third-order valence-corrected chi connectivity index (χ3v) is 2.17. The van der Waals surface area contributed by atoms with Gasteiger partial charge in [-0.3, -0.25) is 0 Å². The molecule has 0 heterocycles. The molecule has 0 aliphatic rings. The van der Waals surface area contributed by atoms with Crippen molar-refractivity contribution in [2.75, 3.05) is 0 Å². The fourth-order valence-corrected chi connectivity index (χ4v) is 1.31. The third-order valence-electron chi connectivity index (χ3n) is 1.70. The highest BCUT2D eigenvalue weighted by Gasteiger charge is 2.05. The summed E-state index contributed by atoms with van der Waals surface area (Å²) in [5.41, 5.74) is 1.08. The summed E-state index contributed by atoms with van der Waals surface area (Å²) in [6.07, 6.45) is 2.15. The lowest BCUT2D eigenvalue weighted by Gasteiger charge is -2.06. The van der Waals surface area contributed by atoms with E-state index < -0.39 is 0 Å². The van der Waals surface area contributed by atoms with Gasteiger partial charge in [0.25, 0.3) is 0 Å². The lowest BCUT2D eigenvalue weighted by atomic mass is 10.1. The molecule has 0 saturated heterocycles. The van der Waals surface area contributed by atoms with Crippen LogP contribution >= 0.6 is 11.6 Å². The molecule has 1 unspecified atom stereocenters. The Morgan fingerprint density at radius 2 is 2.00 bits per heavy atom. The van der Waals surface area contributed by atoms with Crippen LogP contribution in [0.15, 0.2) is 30.3 Å². The van der Waals surface area contributed by atoms with Crippen LogP contribution in [0.25, 0.3) is 0 Å². The first-order valence-electron chi connectivity index (χ1n) is 3.97. The van der Waals surface area contributed by atoms with Crippen molar-refractivity contribution in [2.24, 2.45) is 0 Å². The molecule has 0 aromatic heterocycles. The Hall–Kier alpha value is -0.820. The molecule has 0 saturated carbocycles. The van der Waals surface area contributed by atoms with E-state index in [1.807, 2.05) is 30.3 Å². The van der Waals surface area contributed by atoms with Crippen molar-refractivity contribution in [3.05, 3.63) is 35.9 Å². The number of hydrogen-bond acceptors (Lipinski definition) is 1. The molecule has 0 N–H and O–H groups in total. The van der Waals surface area contributed by atoms with Gasteiger partial charge in [0, 0.05) is 6.42 Å². The lowest BCUT2D eigenvalue weighted by Crippen LogP contribution is -1.90. The van der Waals surface area contributed by atoms with Crippen molar-refractivity contribution < 1.29 is 4.79 Å². The fourth-order valence-electron chi connectivity index (χ4n) is 1.04. The molecular weight excluding hydrogens is 172 g/mol. The molecule has 0 bridgehead atoms. The number of carbonyl (C=O) groups is 1. The molecule has 1 atom stereocenters. The minimum Gasteiger partial charge on any atom is -0.303 e. The molecule has 64 valence electrons. The molecule has 12 heavy (non-hydrogen) atoms. The van der Waals surface area contributed by atoms with Gasteiger partial charge < -0.3 is 4.79 Å². The van der Waals surface area contributed by atoms with Crippen molar-refractivity contribution in [3.63, 3.8) is 0 Å². The van der Waals surface area contributed by atoms with Gasteiger partial charge >= 0.3 is 0 Å². The fraction of sp³-hybridized carbons (Fsp3) is 0.300. The summed E-state index contributed by atoms with van der Waals surface area (Å²) >= 11 is 6.03. The van der Waals surface area contributed by atoms with E-state index in [9.17, 15) is 4.79 Å². The van der Waals surface area contributed by atoms with Crippen LogP contribution < -0.4 is 0 Å². The Bertz CT molecular complexity index is 233. The van der Waals surface area contributed by atoms with Crippen LogP contribution in [0.5, 0.6) is 0 Å². The average Bonchev–Trinajstić information content (AvgIpc) is 2.15. The lowest BCUT2D eigenvalue weighted by molar-refractivity contribution is -0.107. The maximum Gasteiger partial charge on any atom is 0.120 e. The maximum atomic E-state index is 10.1. The highest BCUT2D eigenvalue weighted by Crippen LogP contribution is 2.24. The monoisotopic (exact) mass is 182 g/mol. The second-order valence-electron chi connectivity index (χ2n) is 2.62. The number of carbonyl (C=O) groups excluding carboxylic acids is 1. The van der Waals surface area contributed by atoms with E-state index in [0.29, 0.717) is 6.42 Å². The first-order chi connectivity index (χ1) is 5.84. The van der Waals surface area contributed by atoms with Gasteiger partial charge in [0.1, 0.15) is 6.29 Å². The second kappa shape index (κ2) is 4.94. The topological polar surface area (TPSA) is 17.1 Å². The molecular formula is C10H11ClO. The second-order valence-corrected chi connectivity index (χ2v) is 3.15. The van der Waals surface area contributed by atoms with Gasteiger partial charge in [0.15, 0.2) is 0 Å². The molecule has 1 rings (SSSR count). The van der Waals surface area contributed by atoms with Gasteiger partial charge in [-0.1, -0.05) is 30.3 Å². The number of benzene rings is 1. The smallest absolute Gasteiger partial charge is 0.120 e. The van der Waals surface area contributed by atoms with E-state index in [0.717, 1.165) is 18.3 Å². The standard InChI is InChI=1S/C10H11ClO/c11-10(7-4-8-12)9-5-2-1-3-6-9/h1-3,5-6,8,10H,4,7H2. The van der Waals surface area contributed by atoms with E-state index in [2.05, 4.69) is 0 Å². The highest BCUT2D eigenvalue weighted by atomic mass is 35.5. The Labute approximate surface area is 77.4 Å². The van der Waals surface area contributed by atoms with Crippen LogP contribution in [0, 0.1) is 0 Å². The quantitative estimate of drug-likeness (QED) is 0.517. The van der Waals surface area contributed by atoms with Crippen molar-refractivity contribution in [1.82, 2.24) is 0 Å². The van der Waals surface area contributed by atoms with Gasteiger partial charge in [-0.25, -0.2) is 0 Å². The van der Waals surface area contributed by atoms with Crippen LogP contribution in [0.3, 0.4) is 0 Å². The zero-order valence-electron chi connectivity index (χ0n) is 6.74. The van der Waals surface area contributed by atoms with Crippen LogP contribution in [0.4, 0.5) is 0 Å². The van der Waals surface area contributed by atoms with Crippen molar-refractivity contribution >= 4 is 17.9 Å². The summed E-state index contributed by atoms with van der Waals surface area (Å²) in [6.45, 7) is 0. The maximum absolute atomic E-state index is 10.1. The number of halogens is 1. The number of rotatable bonds is 4. The van der Waals surface area contributed by atoms with E-state index in [1.54, 1.807) is 0 Å². The Kier molecular flexibility index (Phi) is 3.81. The molecule has 0 aliphatic carbocycles. The van der Waals surface area contributed by atoms with Gasteiger partial charge in [0.2, 0.25) is 0 Å². The molecule has 2 heteroatoms. The summed E-state index contributed by atoms with van der Waals surface area (Å²) in [7, 11) is 0. The van der Waals surface area contributed by atoms with Crippen molar-refractivity contribution in [2.45, 2.75) is 18.2 Å². The first-order valence-corrected chi connectivity index (χ1v) is 4.41. The van der Waals surface area contributed by atoms with E-state index >= 15 is 0 Å². The van der Waals surface area contributed by atoms with Crippen LogP contribution in [-0.4, -0.2) is 6.29 Å². The minimum absolute atomic E-state index is 0.0311. The summed E-state index contributed by atoms with van der Waals surface area (Å²) in [5, 5.41) is -0.0311. The summed E-state index contributed by atoms with van der Waals surface area (Å²) in [5.74, 6) is 0. The van der Waals surface area contributed by atoms with E-state index in [4.69, 9.17) is 11.6 Å². The SMILES string of the molecule is O=CCCC(Cl)c1ccccc1. The van der Waals surface area contributed by atoms with E-state index in [1.165, 1.54) is 0 Å². The minimum atomic E-state index is -0.0311. The molecule has 1 nitrogen and oxygen atoms in total. The highest BCUT2D eigenvalue weighted by molar-refractivity contribution is 6.20. The van der Waals surface area contributed by atoms with Gasteiger partial charge in [0.05, 0.1) is 5.38 Å². The first kappa shape index (κ1) is 9.27. The van der Waals surface area contributed by atoms with E-state index in [-0.39, 0.29) is 5.38 Å². The third kappa shape index (κ3) is 2.67. The van der Waals surface area contributed by atoms with Crippen LogP contribution in [0.1, 0.15) is 23.8 Å². The molecule has 0 radical (unpaired) electrons. The summed E-state index contributed by atoms with van der Waals surface area (Å²) in [4.78, 5) is 10.1. The molecule has 0 aliphatic heterocycles. The van der Waals surface area contributed by atoms with Crippen molar-refractivity contribution in [3.8, 4) is 0 Å². The summed E-state index contributed by atoms with van der Waals surface area (Å²) in [6, 6.07) is 9.80. The van der Waals surface area contributed by atoms with Gasteiger partial charge in [-0.15, -0.1) is 11.6 Å². The largest absolute Gasteiger partial charge is 0.303 e. The molecule has 0 spiro atoms. The average molecular weight is 183 g/mol. The zero-order chi connectivity index (χ0) is 8.81. The number of aldehydes is 1. The Balaban J connectivity index is 2.53. The van der Waals surface area contributed by atoms with Gasteiger partial charge in [-0.2, -0.15) is 0 Å². The Morgan fingerprint density at radius 1 is 1.33 bits per heavy atom. The molecule has 0 amide bonds. The number of alkyl halides is 1. The predicted molar refractivity (Wildman–Crippen MR) is 50.3 cm³/mol. The normalized spacial score (nSPS) is 12.4. The number of hydrogen-bond donors (Lipinski definition) is 0. The van der Waals surface area contributed by atoms with Crippen LogP contribution in [0.2, 0.25) is 0 Å².